The SMILES string of the molecule is Cc1cc(C(=O)Nc2cccc(C(NCC3CC3)c3cccc(C(F)(F)F)c3)c2)n(-c2cccc(CN)c2)n1.Cc1cc(C(=O)Nc2cccc(C(NCC3CC3)c3cccc(C(F)(F)F)c3)c2)n(-c2cccc(CNC(=O)OC(C)(C)C)c2)n1.Cl. The van der Waals surface area contributed by atoms with Gasteiger partial charge in [-0.05, 0) is 204 Å². The van der Waals surface area contributed by atoms with E-state index in [4.69, 9.17) is 10.5 Å². The third-order valence-corrected chi connectivity index (χ3v) is 14.2. The van der Waals surface area contributed by atoms with Gasteiger partial charge in [-0.25, -0.2) is 14.2 Å². The maximum Gasteiger partial charge on any atom is 0.416 e. The fourth-order valence-corrected chi connectivity index (χ4v) is 9.66. The number of carbonyl (C=O) groups excluding carboxylic acids is 3. The van der Waals surface area contributed by atoms with E-state index in [0.717, 1.165) is 65.8 Å². The molecule has 2 aliphatic rings. The van der Waals surface area contributed by atoms with Crippen LogP contribution in [-0.2, 0) is 30.2 Å². The van der Waals surface area contributed by atoms with Crippen LogP contribution in [0.2, 0.25) is 0 Å². The van der Waals surface area contributed by atoms with Crippen LogP contribution in [0.25, 0.3) is 11.4 Å². The molecule has 0 saturated heterocycles. The first-order valence-corrected chi connectivity index (χ1v) is 28.1. The molecular formula is C65H69ClF6N10O4. The number of hydrogen-bond donors (Lipinski definition) is 6. The summed E-state index contributed by atoms with van der Waals surface area (Å²) in [7, 11) is 0. The highest BCUT2D eigenvalue weighted by Crippen LogP contribution is 2.37. The van der Waals surface area contributed by atoms with Gasteiger partial charge in [-0.3, -0.25) is 9.59 Å². The molecule has 7 N–H and O–H groups in total. The lowest BCUT2D eigenvalue weighted by Crippen LogP contribution is -2.32. The second-order valence-corrected chi connectivity index (χ2v) is 22.5. The highest BCUT2D eigenvalue weighted by Gasteiger charge is 2.33. The number of aromatic nitrogens is 4. The maximum absolute atomic E-state index is 13.6. The standard InChI is InChI=1S/C35H38F3N5O3.C30H30F3N5O.ClH/c1-22-16-30(43(42-22)29-13-5-8-24(17-29)21-40-33(45)46-34(2,3)4)32(44)41-28-12-7-10-26(19-28)31(39-20-23-14-15-23)25-9-6-11-27(18-25)35(36,37)38;1-19-13-27(38(37-19)26-10-2-5-21(14-26)17-34)29(39)36-25-9-4-7-23(16-25)28(35-18-20-11-12-20)22-6-3-8-24(15-22)30(31,32)33;/h5-13,16-19,23,31,39H,14-15,20-21H2,1-4H3,(H,40,45)(H,41,44);2-10,13-16,20,28,35H,11-12,17-18,34H2,1H3,(H,36,39);1H. The number of benzene rings is 6. The van der Waals surface area contributed by atoms with Crippen molar-refractivity contribution in [3.8, 4) is 11.4 Å². The summed E-state index contributed by atoms with van der Waals surface area (Å²) in [6.07, 6.45) is -5.02. The summed E-state index contributed by atoms with van der Waals surface area (Å²) in [5.74, 6) is 0.276. The molecule has 0 aliphatic heterocycles. The smallest absolute Gasteiger partial charge is 0.416 e. The van der Waals surface area contributed by atoms with Gasteiger partial charge in [-0.1, -0.05) is 72.8 Å². The Hall–Kier alpha value is -8.30. The Morgan fingerprint density at radius 1 is 0.558 bits per heavy atom. The highest BCUT2D eigenvalue weighted by atomic mass is 35.5. The van der Waals surface area contributed by atoms with Gasteiger partial charge >= 0.3 is 18.4 Å². The Labute approximate surface area is 501 Å². The number of alkyl carbamates (subject to hydrolysis) is 1. The molecule has 2 aromatic heterocycles. The lowest BCUT2D eigenvalue weighted by Gasteiger charge is -2.22. The second kappa shape index (κ2) is 27.4. The first-order chi connectivity index (χ1) is 40.5. The third kappa shape index (κ3) is 17.4. The van der Waals surface area contributed by atoms with E-state index >= 15 is 0 Å². The Kier molecular flexibility index (Phi) is 20.3. The van der Waals surface area contributed by atoms with Gasteiger partial charge in [-0.2, -0.15) is 36.5 Å². The molecule has 452 valence electrons. The molecule has 2 fully saturated rings. The van der Waals surface area contributed by atoms with Gasteiger partial charge in [0.2, 0.25) is 0 Å². The molecule has 21 heteroatoms. The van der Waals surface area contributed by atoms with Crippen LogP contribution in [0.4, 0.5) is 42.5 Å². The molecule has 86 heavy (non-hydrogen) atoms. The van der Waals surface area contributed by atoms with Crippen LogP contribution in [0.3, 0.4) is 0 Å². The Balaban J connectivity index is 0.000000224. The van der Waals surface area contributed by atoms with Gasteiger partial charge in [0.05, 0.1) is 46.0 Å². The largest absolute Gasteiger partial charge is 0.444 e. The fraction of sp³-hybridized carbons (Fsp3) is 0.308. The van der Waals surface area contributed by atoms with Crippen LogP contribution in [-0.4, -0.2) is 56.2 Å². The summed E-state index contributed by atoms with van der Waals surface area (Å²) in [6, 6.07) is 42.3. The number of halogens is 7. The Morgan fingerprint density at radius 2 is 0.953 bits per heavy atom. The highest BCUT2D eigenvalue weighted by molar-refractivity contribution is 6.04. The number of nitrogens with zero attached hydrogens (tertiary/aromatic N) is 4. The van der Waals surface area contributed by atoms with Gasteiger partial charge in [-0.15, -0.1) is 12.4 Å². The van der Waals surface area contributed by atoms with E-state index in [-0.39, 0.29) is 24.9 Å². The number of hydrogen-bond acceptors (Lipinski definition) is 9. The Morgan fingerprint density at radius 3 is 1.36 bits per heavy atom. The maximum atomic E-state index is 13.6. The van der Waals surface area contributed by atoms with Crippen LogP contribution in [0, 0.1) is 25.7 Å². The molecule has 2 atom stereocenters. The average molecular weight is 1200 g/mol. The topological polar surface area (TPSA) is 182 Å². The van der Waals surface area contributed by atoms with Gasteiger partial charge < -0.3 is 37.1 Å². The molecule has 0 spiro atoms. The molecular weight excluding hydrogens is 1130 g/mol. The molecule has 3 amide bonds. The van der Waals surface area contributed by atoms with E-state index in [9.17, 15) is 40.7 Å². The number of nitrogens with one attached hydrogen (secondary N) is 5. The van der Waals surface area contributed by atoms with Crippen LogP contribution in [0.15, 0.2) is 158 Å². The van der Waals surface area contributed by atoms with Crippen LogP contribution in [0.1, 0.15) is 135 Å². The van der Waals surface area contributed by atoms with Crippen molar-refractivity contribution in [2.24, 2.45) is 17.6 Å². The molecule has 10 rings (SSSR count). The van der Waals surface area contributed by atoms with Crippen LogP contribution >= 0.6 is 12.4 Å². The summed E-state index contributed by atoms with van der Waals surface area (Å²) in [5.41, 5.74) is 12.3. The molecule has 2 unspecified atom stereocenters. The van der Waals surface area contributed by atoms with E-state index in [1.54, 1.807) is 93.0 Å². The molecule has 6 aromatic carbocycles. The monoisotopic (exact) mass is 1200 g/mol. The summed E-state index contributed by atoms with van der Waals surface area (Å²) in [4.78, 5) is 39.1. The molecule has 2 aliphatic carbocycles. The van der Waals surface area contributed by atoms with E-state index in [1.165, 1.54) is 28.9 Å². The minimum absolute atomic E-state index is 0. The van der Waals surface area contributed by atoms with E-state index in [2.05, 4.69) is 36.8 Å². The number of rotatable bonds is 19. The van der Waals surface area contributed by atoms with Crippen molar-refractivity contribution in [1.29, 1.82) is 0 Å². The predicted molar refractivity (Wildman–Crippen MR) is 322 cm³/mol. The van der Waals surface area contributed by atoms with Gasteiger partial charge in [0.15, 0.2) is 0 Å². The number of carbonyl (C=O) groups is 3. The molecule has 2 heterocycles. The van der Waals surface area contributed by atoms with Gasteiger partial charge in [0, 0.05) is 24.5 Å². The molecule has 0 bridgehead atoms. The van der Waals surface area contributed by atoms with Crippen molar-refractivity contribution in [2.45, 2.75) is 103 Å². The van der Waals surface area contributed by atoms with Crippen LogP contribution in [0.5, 0.6) is 0 Å². The second-order valence-electron chi connectivity index (χ2n) is 22.5. The predicted octanol–water partition coefficient (Wildman–Crippen LogP) is 14.0. The van der Waals surface area contributed by atoms with Crippen molar-refractivity contribution < 1.29 is 45.5 Å². The van der Waals surface area contributed by atoms with Gasteiger partial charge in [0.1, 0.15) is 17.0 Å². The number of aryl methyl sites for hydroxylation is 2. The molecule has 14 nitrogen and oxygen atoms in total. The zero-order chi connectivity index (χ0) is 60.6. The number of amides is 3. The first-order valence-electron chi connectivity index (χ1n) is 28.1. The number of anilines is 2. The molecule has 0 radical (unpaired) electrons. The zero-order valence-electron chi connectivity index (χ0n) is 48.2. The molecule has 2 saturated carbocycles. The summed E-state index contributed by atoms with van der Waals surface area (Å²) >= 11 is 0. The van der Waals surface area contributed by atoms with Crippen molar-refractivity contribution in [1.82, 2.24) is 35.5 Å². The van der Waals surface area contributed by atoms with E-state index in [1.807, 2.05) is 67.6 Å². The zero-order valence-corrected chi connectivity index (χ0v) is 49.0. The summed E-state index contributed by atoms with van der Waals surface area (Å²) in [6.45, 7) is 10.9. The van der Waals surface area contributed by atoms with Crippen molar-refractivity contribution >= 4 is 41.7 Å². The lowest BCUT2D eigenvalue weighted by atomic mass is 9.96. The summed E-state index contributed by atoms with van der Waals surface area (Å²) < 4.78 is 89.4. The summed E-state index contributed by atoms with van der Waals surface area (Å²) in [5, 5.41) is 24.5. The number of alkyl halides is 6. The first kappa shape index (κ1) is 63.7. The van der Waals surface area contributed by atoms with Crippen molar-refractivity contribution in [3.05, 3.63) is 225 Å². The fourth-order valence-electron chi connectivity index (χ4n) is 9.66. The quantitative estimate of drug-likeness (QED) is 0.0429. The number of ether oxygens (including phenoxy) is 1. The van der Waals surface area contributed by atoms with Crippen molar-refractivity contribution in [3.63, 3.8) is 0 Å². The van der Waals surface area contributed by atoms with E-state index < -0.39 is 53.2 Å². The lowest BCUT2D eigenvalue weighted by molar-refractivity contribution is -0.138. The minimum atomic E-state index is -4.46. The molecule has 8 aromatic rings. The third-order valence-electron chi connectivity index (χ3n) is 14.2. The van der Waals surface area contributed by atoms with Gasteiger partial charge in [0.25, 0.3) is 11.8 Å². The van der Waals surface area contributed by atoms with Crippen molar-refractivity contribution in [2.75, 3.05) is 23.7 Å². The van der Waals surface area contributed by atoms with Crippen LogP contribution < -0.4 is 32.3 Å². The normalized spacial score (nSPS) is 14.0. The van der Waals surface area contributed by atoms with E-state index in [0.29, 0.717) is 82.4 Å². The Bertz CT molecular complexity index is 3660. The average Bonchev–Trinajstić information content (AvgIpc) is 1.94. The number of nitrogens with two attached hydrogens (primary N) is 1. The minimum Gasteiger partial charge on any atom is -0.444 e.